The molecule has 0 spiro atoms. The fourth-order valence-electron chi connectivity index (χ4n) is 2.12. The van der Waals surface area contributed by atoms with Gasteiger partial charge in [0.05, 0.1) is 20.7 Å². The third-order valence-corrected chi connectivity index (χ3v) is 7.36. The summed E-state index contributed by atoms with van der Waals surface area (Å²) in [6.45, 7) is 0. The van der Waals surface area contributed by atoms with Crippen LogP contribution in [0.1, 0.15) is 6.42 Å². The third kappa shape index (κ3) is 4.63. The highest BCUT2D eigenvalue weighted by molar-refractivity contribution is 7.91. The molecule has 0 aliphatic heterocycles. The number of benzene rings is 1. The fourth-order valence-corrected chi connectivity index (χ4v) is 5.59. The van der Waals surface area contributed by atoms with Crippen LogP contribution < -0.4 is 5.32 Å². The summed E-state index contributed by atoms with van der Waals surface area (Å²) < 4.78 is 25.5. The first-order valence-electron chi connectivity index (χ1n) is 7.33. The van der Waals surface area contributed by atoms with Gasteiger partial charge in [0.1, 0.15) is 4.34 Å². The molecule has 5 nitrogen and oxygen atoms in total. The first-order chi connectivity index (χ1) is 12.3. The molecule has 1 aromatic carbocycles. The highest BCUT2D eigenvalue weighted by Gasteiger charge is 2.17. The second kappa shape index (κ2) is 8.06. The number of nitrogens with one attached hydrogen (secondary N) is 1. The number of rotatable bonds is 6. The van der Waals surface area contributed by atoms with Crippen molar-refractivity contribution in [2.24, 2.45) is 0 Å². The van der Waals surface area contributed by atoms with E-state index in [9.17, 15) is 13.2 Å². The van der Waals surface area contributed by atoms with E-state index in [-0.39, 0.29) is 17.1 Å². The second-order valence-electron chi connectivity index (χ2n) is 5.21. The molecular formula is C16H12Cl2N2O3S3. The van der Waals surface area contributed by atoms with Gasteiger partial charge in [0.25, 0.3) is 0 Å². The van der Waals surface area contributed by atoms with Crippen LogP contribution >= 0.6 is 45.9 Å². The van der Waals surface area contributed by atoms with E-state index in [1.54, 1.807) is 29.6 Å². The van der Waals surface area contributed by atoms with Crippen LogP contribution in [0.3, 0.4) is 0 Å². The molecule has 0 aliphatic rings. The number of anilines is 1. The van der Waals surface area contributed by atoms with Crippen LogP contribution in [0.15, 0.2) is 46.7 Å². The molecule has 0 saturated carbocycles. The number of thiophene rings is 1. The largest absolute Gasteiger partial charge is 0.302 e. The lowest BCUT2D eigenvalue weighted by Gasteiger charge is -2.04. The summed E-state index contributed by atoms with van der Waals surface area (Å²) in [6, 6.07) is 9.75. The number of thiazole rings is 1. The molecule has 0 aliphatic carbocycles. The topological polar surface area (TPSA) is 76.1 Å². The normalized spacial score (nSPS) is 11.5. The van der Waals surface area contributed by atoms with Crippen molar-refractivity contribution < 1.29 is 13.2 Å². The Balaban J connectivity index is 1.62. The Kier molecular flexibility index (Phi) is 5.99. The van der Waals surface area contributed by atoms with Gasteiger partial charge in [0, 0.05) is 17.4 Å². The average Bonchev–Trinajstić information content (AvgIpc) is 3.19. The monoisotopic (exact) mass is 446 g/mol. The number of amides is 1. The van der Waals surface area contributed by atoms with E-state index in [4.69, 9.17) is 23.2 Å². The van der Waals surface area contributed by atoms with Gasteiger partial charge < -0.3 is 5.32 Å². The number of carbonyl (C=O) groups is 1. The predicted molar refractivity (Wildman–Crippen MR) is 107 cm³/mol. The van der Waals surface area contributed by atoms with Crippen LogP contribution in [0.25, 0.3) is 11.3 Å². The lowest BCUT2D eigenvalue weighted by atomic mass is 10.3. The van der Waals surface area contributed by atoms with Gasteiger partial charge in [-0.3, -0.25) is 4.79 Å². The fraction of sp³-hybridized carbons (Fsp3) is 0.125. The van der Waals surface area contributed by atoms with Crippen molar-refractivity contribution in [2.75, 3.05) is 11.1 Å². The van der Waals surface area contributed by atoms with Crippen molar-refractivity contribution >= 4 is 66.8 Å². The highest BCUT2D eigenvalue weighted by Crippen LogP contribution is 2.38. The van der Waals surface area contributed by atoms with E-state index in [0.29, 0.717) is 25.1 Å². The lowest BCUT2D eigenvalue weighted by molar-refractivity contribution is -0.115. The van der Waals surface area contributed by atoms with Crippen LogP contribution in [-0.4, -0.2) is 25.1 Å². The minimum atomic E-state index is -3.50. The Bertz CT molecular complexity index is 1030. The van der Waals surface area contributed by atoms with Gasteiger partial charge in [-0.25, -0.2) is 13.4 Å². The summed E-state index contributed by atoms with van der Waals surface area (Å²) in [7, 11) is -3.50. The predicted octanol–water partition coefficient (Wildman–Crippen LogP) is 4.98. The number of nitrogens with zero attached hydrogens (tertiary/aromatic N) is 1. The smallest absolute Gasteiger partial charge is 0.227 e. The zero-order valence-corrected chi connectivity index (χ0v) is 17.1. The maximum Gasteiger partial charge on any atom is 0.227 e. The summed E-state index contributed by atoms with van der Waals surface area (Å²) >= 11 is 14.5. The molecule has 0 fully saturated rings. The zero-order chi connectivity index (χ0) is 18.7. The van der Waals surface area contributed by atoms with Gasteiger partial charge in [0.2, 0.25) is 5.91 Å². The van der Waals surface area contributed by atoms with Gasteiger partial charge >= 0.3 is 0 Å². The number of aromatic nitrogens is 1. The van der Waals surface area contributed by atoms with Gasteiger partial charge in [-0.1, -0.05) is 41.4 Å². The van der Waals surface area contributed by atoms with E-state index in [1.807, 2.05) is 0 Å². The van der Waals surface area contributed by atoms with Crippen molar-refractivity contribution in [1.29, 1.82) is 0 Å². The van der Waals surface area contributed by atoms with Crippen molar-refractivity contribution in [3.05, 3.63) is 50.5 Å². The Morgan fingerprint density at radius 2 is 1.92 bits per heavy atom. The zero-order valence-electron chi connectivity index (χ0n) is 13.1. The van der Waals surface area contributed by atoms with Gasteiger partial charge in [-0.2, -0.15) is 0 Å². The first-order valence-corrected chi connectivity index (χ1v) is 11.4. The molecule has 2 aromatic heterocycles. The molecule has 0 unspecified atom stereocenters. The van der Waals surface area contributed by atoms with Crippen molar-refractivity contribution in [2.45, 2.75) is 11.3 Å². The number of carbonyl (C=O) groups excluding carboxylic acids is 1. The van der Waals surface area contributed by atoms with Crippen molar-refractivity contribution in [1.82, 2.24) is 4.98 Å². The third-order valence-electron chi connectivity index (χ3n) is 3.38. The molecule has 136 valence electrons. The van der Waals surface area contributed by atoms with E-state index < -0.39 is 15.7 Å². The van der Waals surface area contributed by atoms with Crippen LogP contribution in [0.4, 0.5) is 5.13 Å². The molecule has 0 bridgehead atoms. The van der Waals surface area contributed by atoms with Gasteiger partial charge in [0.15, 0.2) is 15.0 Å². The summed E-state index contributed by atoms with van der Waals surface area (Å²) in [5.41, 5.74) is 1.31. The molecule has 2 heterocycles. The minimum Gasteiger partial charge on any atom is -0.302 e. The number of hydrogen-bond donors (Lipinski definition) is 1. The van der Waals surface area contributed by atoms with E-state index in [1.165, 1.54) is 34.8 Å². The molecule has 1 N–H and O–H groups in total. The molecular weight excluding hydrogens is 435 g/mol. The Morgan fingerprint density at radius 1 is 1.19 bits per heavy atom. The van der Waals surface area contributed by atoms with Crippen LogP contribution in [0.5, 0.6) is 0 Å². The molecule has 3 rings (SSSR count). The van der Waals surface area contributed by atoms with Crippen molar-refractivity contribution in [3.63, 3.8) is 0 Å². The van der Waals surface area contributed by atoms with Crippen LogP contribution in [0.2, 0.25) is 8.67 Å². The lowest BCUT2D eigenvalue weighted by Crippen LogP contribution is -2.17. The van der Waals surface area contributed by atoms with Crippen molar-refractivity contribution in [3.8, 4) is 11.3 Å². The van der Waals surface area contributed by atoms with E-state index in [2.05, 4.69) is 10.3 Å². The minimum absolute atomic E-state index is 0.156. The summed E-state index contributed by atoms with van der Waals surface area (Å²) in [4.78, 5) is 16.6. The van der Waals surface area contributed by atoms with Gasteiger partial charge in [-0.05, 0) is 18.2 Å². The average molecular weight is 447 g/mol. The molecule has 3 aromatic rings. The van der Waals surface area contributed by atoms with E-state index >= 15 is 0 Å². The molecule has 0 radical (unpaired) electrons. The molecule has 0 saturated heterocycles. The Labute approximate surface area is 168 Å². The Hall–Kier alpha value is -1.45. The second-order valence-corrected chi connectivity index (χ2v) is 10.5. The first kappa shape index (κ1) is 19.3. The van der Waals surface area contributed by atoms with Crippen LogP contribution in [0, 0.1) is 0 Å². The maximum absolute atomic E-state index is 12.2. The summed E-state index contributed by atoms with van der Waals surface area (Å²) in [5.74, 6) is -0.688. The highest BCUT2D eigenvalue weighted by atomic mass is 35.5. The molecule has 0 atom stereocenters. The Morgan fingerprint density at radius 3 is 2.58 bits per heavy atom. The maximum atomic E-state index is 12.2. The summed E-state index contributed by atoms with van der Waals surface area (Å²) in [6.07, 6.45) is -0.156. The standard InChI is InChI=1S/C16H12Cl2N2O3S3/c17-13-8-11(15(18)25-13)12-9-24-16(19-12)20-14(21)6-7-26(22,23)10-4-2-1-3-5-10/h1-5,8-9H,6-7H2,(H,19,20,21). The molecule has 1 amide bonds. The van der Waals surface area contributed by atoms with Gasteiger partial charge in [-0.15, -0.1) is 22.7 Å². The number of hydrogen-bond acceptors (Lipinski definition) is 6. The number of sulfone groups is 1. The molecule has 10 heteroatoms. The SMILES string of the molecule is O=C(CCS(=O)(=O)c1ccccc1)Nc1nc(-c2cc(Cl)sc2Cl)cs1. The van der Waals surface area contributed by atoms with Crippen LogP contribution in [-0.2, 0) is 14.6 Å². The number of halogens is 2. The van der Waals surface area contributed by atoms with E-state index in [0.717, 1.165) is 0 Å². The molecule has 26 heavy (non-hydrogen) atoms. The summed E-state index contributed by atoms with van der Waals surface area (Å²) in [5, 5.41) is 4.74. The quantitative estimate of drug-likeness (QED) is 0.578.